The monoisotopic (exact) mass is 546 g/mol. The lowest BCUT2D eigenvalue weighted by atomic mass is 9.63. The van der Waals surface area contributed by atoms with Crippen LogP contribution in [0.2, 0.25) is 0 Å². The molecule has 5 nitrogen and oxygen atoms in total. The number of hydrogen-bond acceptors (Lipinski definition) is 4. The van der Waals surface area contributed by atoms with Gasteiger partial charge in [-0.1, -0.05) is 101 Å². The van der Waals surface area contributed by atoms with E-state index in [1.807, 2.05) is 100 Å². The van der Waals surface area contributed by atoms with Crippen LogP contribution >= 0.6 is 0 Å². The largest absolute Gasteiger partial charge is 0.352 e. The van der Waals surface area contributed by atoms with Crippen LogP contribution in [0, 0.1) is 17.3 Å². The fraction of sp³-hybridized carbons (Fsp3) is 0.361. The maximum Gasteiger partial charge on any atom is 0.238 e. The number of benzene rings is 3. The first-order chi connectivity index (χ1) is 19.5. The summed E-state index contributed by atoms with van der Waals surface area (Å²) in [4.78, 5) is 46.0. The highest BCUT2D eigenvalue weighted by atomic mass is 16.2. The number of nitrogens with one attached hydrogen (secondary N) is 1. The lowest BCUT2D eigenvalue weighted by molar-refractivity contribution is -0.128. The van der Waals surface area contributed by atoms with Crippen LogP contribution in [-0.2, 0) is 21.4 Å². The number of hydrogen-bond donors (Lipinski definition) is 1. The SMILES string of the molecule is CC1=C[C@@H]2N(c3ccccc31)[C@H](C(=O)C(C)(C)C)[C@@H](C(=O)c1ccc(CC(C)C)cc1)[C@@]21C(=O)Nc2ccccc21. The quantitative estimate of drug-likeness (QED) is 0.355. The second-order valence-corrected chi connectivity index (χ2v) is 13.3. The molecule has 1 amide bonds. The number of rotatable bonds is 5. The molecule has 0 aromatic heterocycles. The minimum atomic E-state index is -1.27. The number of amides is 1. The lowest BCUT2D eigenvalue weighted by Crippen LogP contribution is -2.51. The Morgan fingerprint density at radius 1 is 0.951 bits per heavy atom. The summed E-state index contributed by atoms with van der Waals surface area (Å²) in [5.41, 5.74) is 4.10. The maximum absolute atomic E-state index is 14.9. The molecular formula is C36H38N2O3. The Balaban J connectivity index is 1.63. The normalized spacial score (nSPS) is 24.6. The molecule has 0 bridgehead atoms. The fourth-order valence-corrected chi connectivity index (χ4v) is 7.29. The molecule has 0 unspecified atom stereocenters. The number of carbonyl (C=O) groups excluding carboxylic acids is 3. The summed E-state index contributed by atoms with van der Waals surface area (Å²) < 4.78 is 0. The van der Waals surface area contributed by atoms with Crippen molar-refractivity contribution < 1.29 is 14.4 Å². The van der Waals surface area contributed by atoms with Gasteiger partial charge in [-0.25, -0.2) is 0 Å². The van der Waals surface area contributed by atoms with E-state index >= 15 is 0 Å². The highest BCUT2D eigenvalue weighted by molar-refractivity contribution is 6.17. The second kappa shape index (κ2) is 9.54. The van der Waals surface area contributed by atoms with Gasteiger partial charge in [0, 0.05) is 27.9 Å². The molecule has 210 valence electrons. The molecule has 4 atom stereocenters. The van der Waals surface area contributed by atoms with Crippen molar-refractivity contribution in [1.82, 2.24) is 0 Å². The third kappa shape index (κ3) is 4.00. The van der Waals surface area contributed by atoms with Crippen molar-refractivity contribution in [2.45, 2.75) is 65.5 Å². The van der Waals surface area contributed by atoms with Crippen LogP contribution in [0.5, 0.6) is 0 Å². The van der Waals surface area contributed by atoms with Gasteiger partial charge in [-0.3, -0.25) is 14.4 Å². The molecule has 0 radical (unpaired) electrons. The number of anilines is 2. The second-order valence-electron chi connectivity index (χ2n) is 13.3. The van der Waals surface area contributed by atoms with E-state index in [-0.39, 0.29) is 17.5 Å². The van der Waals surface area contributed by atoms with E-state index in [0.29, 0.717) is 17.2 Å². The van der Waals surface area contributed by atoms with Crippen LogP contribution in [-0.4, -0.2) is 29.6 Å². The number of nitrogens with zero attached hydrogens (tertiary/aromatic N) is 1. The standard InChI is InChI=1S/C36H38N2O3/c1-21(2)19-23-15-17-24(18-16-23)32(39)30-31(33(40)35(4,5)6)38-28-14-10-7-11-25(28)22(3)20-29(38)36(30)26-12-8-9-13-27(26)37-34(36)41/h7-18,20-21,29-31H,19H2,1-6H3,(H,37,41)/t29-,30-,31-,36-/m0/s1. The van der Waals surface area contributed by atoms with E-state index in [4.69, 9.17) is 0 Å². The van der Waals surface area contributed by atoms with E-state index in [1.165, 1.54) is 0 Å². The topological polar surface area (TPSA) is 66.5 Å². The molecule has 3 aromatic rings. The minimum Gasteiger partial charge on any atom is -0.352 e. The predicted octanol–water partition coefficient (Wildman–Crippen LogP) is 6.86. The Kier molecular flexibility index (Phi) is 6.33. The van der Waals surface area contributed by atoms with Gasteiger partial charge >= 0.3 is 0 Å². The Labute approximate surface area is 242 Å². The molecule has 6 rings (SSSR count). The Hall–Kier alpha value is -3.99. The van der Waals surface area contributed by atoms with Crippen molar-refractivity contribution in [3.05, 3.63) is 101 Å². The molecule has 0 saturated carbocycles. The number of allylic oxidation sites excluding steroid dienone is 1. The van der Waals surface area contributed by atoms with E-state index in [1.54, 1.807) is 0 Å². The van der Waals surface area contributed by atoms with Crippen molar-refractivity contribution in [1.29, 1.82) is 0 Å². The summed E-state index contributed by atoms with van der Waals surface area (Å²) in [5, 5.41) is 3.11. The molecule has 41 heavy (non-hydrogen) atoms. The van der Waals surface area contributed by atoms with Gasteiger partial charge < -0.3 is 10.2 Å². The third-order valence-electron chi connectivity index (χ3n) is 9.06. The predicted molar refractivity (Wildman–Crippen MR) is 164 cm³/mol. The van der Waals surface area contributed by atoms with Crippen LogP contribution in [0.15, 0.2) is 78.9 Å². The minimum absolute atomic E-state index is 0.0471. The van der Waals surface area contributed by atoms with Gasteiger partial charge in [0.15, 0.2) is 11.6 Å². The molecule has 3 aromatic carbocycles. The number of fused-ring (bicyclic) bond motifs is 6. The molecule has 1 N–H and O–H groups in total. The first-order valence-electron chi connectivity index (χ1n) is 14.6. The van der Waals surface area contributed by atoms with Crippen LogP contribution in [0.25, 0.3) is 5.57 Å². The fourth-order valence-electron chi connectivity index (χ4n) is 7.29. The van der Waals surface area contributed by atoms with Gasteiger partial charge in [0.2, 0.25) is 5.91 Å². The number of Topliss-reactive ketones (excluding diaryl/α,β-unsaturated/α-hetero) is 2. The smallest absolute Gasteiger partial charge is 0.238 e. The average Bonchev–Trinajstić information content (AvgIpc) is 3.40. The van der Waals surface area contributed by atoms with E-state index in [2.05, 4.69) is 30.1 Å². The zero-order valence-electron chi connectivity index (χ0n) is 24.7. The van der Waals surface area contributed by atoms with Crippen LogP contribution in [0.1, 0.15) is 68.6 Å². The summed E-state index contributed by atoms with van der Waals surface area (Å²) in [7, 11) is 0. The zero-order valence-corrected chi connectivity index (χ0v) is 24.7. The van der Waals surface area contributed by atoms with Crippen LogP contribution in [0.3, 0.4) is 0 Å². The van der Waals surface area contributed by atoms with E-state index in [0.717, 1.165) is 34.4 Å². The molecular weight excluding hydrogens is 508 g/mol. The zero-order chi connectivity index (χ0) is 29.3. The van der Waals surface area contributed by atoms with Crippen LogP contribution < -0.4 is 10.2 Å². The Morgan fingerprint density at radius 2 is 1.61 bits per heavy atom. The summed E-state index contributed by atoms with van der Waals surface area (Å²) >= 11 is 0. The average molecular weight is 547 g/mol. The lowest BCUT2D eigenvalue weighted by Gasteiger charge is -2.39. The van der Waals surface area contributed by atoms with Gasteiger partial charge in [-0.15, -0.1) is 0 Å². The van der Waals surface area contributed by atoms with Crippen molar-refractivity contribution in [2.75, 3.05) is 10.2 Å². The maximum atomic E-state index is 14.9. The van der Waals surface area contributed by atoms with Gasteiger partial charge in [0.1, 0.15) is 11.5 Å². The third-order valence-corrected chi connectivity index (χ3v) is 9.06. The number of carbonyl (C=O) groups is 3. The summed E-state index contributed by atoms with van der Waals surface area (Å²) in [6.07, 6.45) is 3.02. The van der Waals surface area contributed by atoms with Crippen molar-refractivity contribution in [3.63, 3.8) is 0 Å². The van der Waals surface area contributed by atoms with Crippen LogP contribution in [0.4, 0.5) is 11.4 Å². The van der Waals surface area contributed by atoms with Gasteiger partial charge in [-0.2, -0.15) is 0 Å². The first-order valence-corrected chi connectivity index (χ1v) is 14.6. The Morgan fingerprint density at radius 3 is 2.29 bits per heavy atom. The van der Waals surface area contributed by atoms with Crippen molar-refractivity contribution >= 4 is 34.4 Å². The highest BCUT2D eigenvalue weighted by Gasteiger charge is 2.71. The molecule has 3 aliphatic heterocycles. The molecule has 1 spiro atoms. The number of para-hydroxylation sites is 2. The first kappa shape index (κ1) is 27.2. The molecule has 1 saturated heterocycles. The summed E-state index contributed by atoms with van der Waals surface area (Å²) in [5.74, 6) is -0.874. The molecule has 3 aliphatic rings. The van der Waals surface area contributed by atoms with E-state index < -0.39 is 28.8 Å². The van der Waals surface area contributed by atoms with Crippen molar-refractivity contribution in [2.24, 2.45) is 17.3 Å². The number of ketones is 2. The van der Waals surface area contributed by atoms with Gasteiger partial charge in [-0.05, 0) is 48.1 Å². The van der Waals surface area contributed by atoms with Crippen molar-refractivity contribution in [3.8, 4) is 0 Å². The molecule has 5 heteroatoms. The molecule has 0 aliphatic carbocycles. The Bertz CT molecular complexity index is 1590. The summed E-state index contributed by atoms with van der Waals surface area (Å²) in [6.45, 7) is 12.1. The molecule has 3 heterocycles. The molecule has 1 fully saturated rings. The summed E-state index contributed by atoms with van der Waals surface area (Å²) in [6, 6.07) is 22.1. The van der Waals surface area contributed by atoms with E-state index in [9.17, 15) is 14.4 Å². The van der Waals surface area contributed by atoms with Gasteiger partial charge in [0.05, 0.1) is 12.0 Å². The van der Waals surface area contributed by atoms with Gasteiger partial charge in [0.25, 0.3) is 0 Å². The highest BCUT2D eigenvalue weighted by Crippen LogP contribution is 2.59.